The molecule has 0 saturated carbocycles. The van der Waals surface area contributed by atoms with Gasteiger partial charge in [0.1, 0.15) is 5.82 Å². The summed E-state index contributed by atoms with van der Waals surface area (Å²) in [5.41, 5.74) is 2.51. The number of rotatable bonds is 6. The van der Waals surface area contributed by atoms with Crippen molar-refractivity contribution in [2.24, 2.45) is 0 Å². The van der Waals surface area contributed by atoms with Crippen molar-refractivity contribution in [2.75, 3.05) is 25.1 Å². The van der Waals surface area contributed by atoms with Crippen LogP contribution in [0.15, 0.2) is 12.1 Å². The van der Waals surface area contributed by atoms with E-state index in [1.165, 1.54) is 0 Å². The van der Waals surface area contributed by atoms with Crippen LogP contribution in [0.4, 0.5) is 10.1 Å². The van der Waals surface area contributed by atoms with Crippen LogP contribution in [0.1, 0.15) is 37.9 Å². The first-order valence-electron chi connectivity index (χ1n) is 6.79. The number of aryl methyl sites for hydroxylation is 1. The summed E-state index contributed by atoms with van der Waals surface area (Å²) in [4.78, 5) is 2.00. The van der Waals surface area contributed by atoms with Crippen LogP contribution in [0.3, 0.4) is 0 Å². The molecule has 0 fully saturated rings. The van der Waals surface area contributed by atoms with E-state index in [1.54, 1.807) is 13.0 Å². The third-order valence-corrected chi connectivity index (χ3v) is 3.59. The Morgan fingerprint density at radius 3 is 2.53 bits per heavy atom. The maximum atomic E-state index is 13.8. The molecule has 1 aromatic rings. The largest absolute Gasteiger partial charge is 0.394 e. The van der Waals surface area contributed by atoms with E-state index in [1.807, 2.05) is 38.8 Å². The average Bonchev–Trinajstić information content (AvgIpc) is 2.39. The third kappa shape index (κ3) is 3.67. The third-order valence-electron chi connectivity index (χ3n) is 3.59. The second-order valence-electron chi connectivity index (χ2n) is 5.08. The predicted molar refractivity (Wildman–Crippen MR) is 78.2 cm³/mol. The molecule has 0 heterocycles. The average molecular weight is 268 g/mol. The Balaban J connectivity index is 3.23. The van der Waals surface area contributed by atoms with Crippen LogP contribution in [-0.4, -0.2) is 31.3 Å². The number of benzene rings is 1. The van der Waals surface area contributed by atoms with Gasteiger partial charge in [0.05, 0.1) is 6.61 Å². The Hall–Kier alpha value is -1.13. The lowest BCUT2D eigenvalue weighted by molar-refractivity contribution is 0.270. The van der Waals surface area contributed by atoms with Gasteiger partial charge in [0.25, 0.3) is 0 Å². The Morgan fingerprint density at radius 1 is 1.37 bits per heavy atom. The lowest BCUT2D eigenvalue weighted by Crippen LogP contribution is -2.33. The number of aliphatic hydroxyl groups is 1. The van der Waals surface area contributed by atoms with Crippen LogP contribution in [0.25, 0.3) is 0 Å². The molecule has 0 aromatic heterocycles. The van der Waals surface area contributed by atoms with Gasteiger partial charge in [0.2, 0.25) is 0 Å². The first-order valence-corrected chi connectivity index (χ1v) is 6.79. The molecule has 0 radical (unpaired) electrons. The Kier molecular flexibility index (Phi) is 5.76. The van der Waals surface area contributed by atoms with Gasteiger partial charge in [-0.05, 0) is 50.6 Å². The van der Waals surface area contributed by atoms with Gasteiger partial charge < -0.3 is 15.3 Å². The van der Waals surface area contributed by atoms with Gasteiger partial charge >= 0.3 is 0 Å². The zero-order valence-corrected chi connectivity index (χ0v) is 12.5. The van der Waals surface area contributed by atoms with Crippen molar-refractivity contribution >= 4 is 5.69 Å². The minimum absolute atomic E-state index is 0.00237. The van der Waals surface area contributed by atoms with E-state index in [2.05, 4.69) is 5.32 Å². The summed E-state index contributed by atoms with van der Waals surface area (Å²) in [6.45, 7) is 8.66. The van der Waals surface area contributed by atoms with Gasteiger partial charge in [-0.25, -0.2) is 4.39 Å². The molecule has 0 saturated heterocycles. The van der Waals surface area contributed by atoms with Crippen molar-refractivity contribution < 1.29 is 9.50 Å². The summed E-state index contributed by atoms with van der Waals surface area (Å²) in [6, 6.07) is 3.52. The van der Waals surface area contributed by atoms with Crippen LogP contribution in [0, 0.1) is 12.7 Å². The molecule has 0 aliphatic carbocycles. The van der Waals surface area contributed by atoms with Gasteiger partial charge in [-0.1, -0.05) is 6.92 Å². The van der Waals surface area contributed by atoms with Crippen molar-refractivity contribution in [3.8, 4) is 0 Å². The van der Waals surface area contributed by atoms with E-state index in [-0.39, 0.29) is 24.5 Å². The second kappa shape index (κ2) is 6.87. The molecule has 1 rings (SSSR count). The van der Waals surface area contributed by atoms with Crippen LogP contribution in [0.5, 0.6) is 0 Å². The normalized spacial score (nSPS) is 14.3. The van der Waals surface area contributed by atoms with Gasteiger partial charge in [-0.15, -0.1) is 0 Å². The minimum Gasteiger partial charge on any atom is -0.394 e. The molecule has 3 nitrogen and oxygen atoms in total. The molecule has 4 heteroatoms. The van der Waals surface area contributed by atoms with Crippen LogP contribution in [-0.2, 0) is 0 Å². The number of nitrogens with one attached hydrogen (secondary N) is 1. The van der Waals surface area contributed by atoms with E-state index >= 15 is 0 Å². The van der Waals surface area contributed by atoms with Crippen molar-refractivity contribution in [2.45, 2.75) is 39.8 Å². The van der Waals surface area contributed by atoms with Crippen molar-refractivity contribution in [1.82, 2.24) is 5.32 Å². The lowest BCUT2D eigenvalue weighted by Gasteiger charge is -2.30. The second-order valence-corrected chi connectivity index (χ2v) is 5.08. The number of aliphatic hydroxyl groups excluding tert-OH is 1. The van der Waals surface area contributed by atoms with Crippen molar-refractivity contribution in [1.29, 1.82) is 0 Å². The molecule has 0 bridgehead atoms. The van der Waals surface area contributed by atoms with E-state index in [0.717, 1.165) is 17.8 Å². The molecule has 1 aromatic carbocycles. The van der Waals surface area contributed by atoms with Crippen LogP contribution in [0.2, 0.25) is 0 Å². The fraction of sp³-hybridized carbons (Fsp3) is 0.600. The fourth-order valence-corrected chi connectivity index (χ4v) is 2.11. The van der Waals surface area contributed by atoms with Gasteiger partial charge in [-0.3, -0.25) is 0 Å². The first-order chi connectivity index (χ1) is 8.92. The number of likely N-dealkylation sites (N-methyl/N-ethyl adjacent to an activating group) is 1. The Labute approximate surface area is 115 Å². The highest BCUT2D eigenvalue weighted by Gasteiger charge is 2.18. The van der Waals surface area contributed by atoms with Crippen molar-refractivity contribution in [3.63, 3.8) is 0 Å². The molecule has 2 unspecified atom stereocenters. The SMILES string of the molecule is CCNC(C)c1cc(F)c(C)cc1N(C)C(C)CO. The number of anilines is 1. The predicted octanol–water partition coefficient (Wildman–Crippen LogP) is 2.62. The maximum absolute atomic E-state index is 13.8. The number of halogens is 1. The molecule has 0 aliphatic heterocycles. The minimum atomic E-state index is -0.187. The smallest absolute Gasteiger partial charge is 0.126 e. The summed E-state index contributed by atoms with van der Waals surface area (Å²) in [6.07, 6.45) is 0. The van der Waals surface area contributed by atoms with Crippen LogP contribution < -0.4 is 10.2 Å². The summed E-state index contributed by atoms with van der Waals surface area (Å²) in [5, 5.41) is 12.6. The van der Waals surface area contributed by atoms with E-state index in [9.17, 15) is 9.50 Å². The standard InChI is InChI=1S/C15H25FN2O/c1-6-17-12(4)13-8-14(16)10(2)7-15(13)18(5)11(3)9-19/h7-8,11-12,17,19H,6,9H2,1-5H3. The van der Waals surface area contributed by atoms with E-state index in [4.69, 9.17) is 0 Å². The van der Waals surface area contributed by atoms with Crippen LogP contribution >= 0.6 is 0 Å². The number of nitrogens with zero attached hydrogens (tertiary/aromatic N) is 1. The molecule has 108 valence electrons. The van der Waals surface area contributed by atoms with Gasteiger partial charge in [-0.2, -0.15) is 0 Å². The highest BCUT2D eigenvalue weighted by Crippen LogP contribution is 2.29. The van der Waals surface area contributed by atoms with E-state index in [0.29, 0.717) is 5.56 Å². The Morgan fingerprint density at radius 2 is 2.00 bits per heavy atom. The molecule has 0 amide bonds. The zero-order chi connectivity index (χ0) is 14.6. The topological polar surface area (TPSA) is 35.5 Å². The van der Waals surface area contributed by atoms with E-state index < -0.39 is 0 Å². The zero-order valence-electron chi connectivity index (χ0n) is 12.5. The molecule has 0 aliphatic rings. The van der Waals surface area contributed by atoms with Gasteiger partial charge in [0.15, 0.2) is 0 Å². The fourth-order valence-electron chi connectivity index (χ4n) is 2.11. The number of hydrogen-bond donors (Lipinski definition) is 2. The molecule has 0 spiro atoms. The summed E-state index contributed by atoms with van der Waals surface area (Å²) < 4.78 is 13.8. The highest BCUT2D eigenvalue weighted by molar-refractivity contribution is 5.57. The summed E-state index contributed by atoms with van der Waals surface area (Å²) in [7, 11) is 1.93. The molecular formula is C15H25FN2O. The molecule has 19 heavy (non-hydrogen) atoms. The monoisotopic (exact) mass is 268 g/mol. The van der Waals surface area contributed by atoms with Gasteiger partial charge in [0, 0.05) is 24.8 Å². The molecular weight excluding hydrogens is 243 g/mol. The highest BCUT2D eigenvalue weighted by atomic mass is 19.1. The van der Waals surface area contributed by atoms with Crippen molar-refractivity contribution in [3.05, 3.63) is 29.1 Å². The summed E-state index contributed by atoms with van der Waals surface area (Å²) >= 11 is 0. The maximum Gasteiger partial charge on any atom is 0.126 e. The molecule has 2 atom stereocenters. The quantitative estimate of drug-likeness (QED) is 0.832. The first kappa shape index (κ1) is 15.9. The summed E-state index contributed by atoms with van der Waals surface area (Å²) in [5.74, 6) is -0.187. The Bertz CT molecular complexity index is 423. The lowest BCUT2D eigenvalue weighted by atomic mass is 10.0. The molecule has 2 N–H and O–H groups in total. The number of hydrogen-bond acceptors (Lipinski definition) is 3.